The minimum atomic E-state index is 0.677. The van der Waals surface area contributed by atoms with Crippen LogP contribution in [0, 0.1) is 11.8 Å². The van der Waals surface area contributed by atoms with Crippen molar-refractivity contribution >= 4 is 0 Å². The molecule has 1 aromatic rings. The molecule has 0 radical (unpaired) electrons. The molecule has 1 heterocycles. The second kappa shape index (κ2) is 5.67. The second-order valence-electron chi connectivity index (χ2n) is 5.62. The van der Waals surface area contributed by atoms with E-state index in [0.29, 0.717) is 6.04 Å². The number of aromatic nitrogens is 2. The molecule has 0 bridgehead atoms. The van der Waals surface area contributed by atoms with Gasteiger partial charge in [-0.1, -0.05) is 13.8 Å². The van der Waals surface area contributed by atoms with Crippen LogP contribution in [-0.4, -0.2) is 15.6 Å². The van der Waals surface area contributed by atoms with Crippen LogP contribution in [-0.2, 0) is 13.1 Å². The smallest absolute Gasteiger partial charge is 0.122 e. The number of aryl methyl sites for hydroxylation is 1. The Bertz CT molecular complexity index is 335. The number of hydrogen-bond donors (Lipinski definition) is 1. The van der Waals surface area contributed by atoms with E-state index in [1.54, 1.807) is 0 Å². The summed E-state index contributed by atoms with van der Waals surface area (Å²) in [5, 5.41) is 3.68. The second-order valence-corrected chi connectivity index (χ2v) is 5.62. The summed E-state index contributed by atoms with van der Waals surface area (Å²) in [6.45, 7) is 8.82. The zero-order valence-corrected chi connectivity index (χ0v) is 11.3. The number of imidazole rings is 1. The predicted octanol–water partition coefficient (Wildman–Crippen LogP) is 2.82. The van der Waals surface area contributed by atoms with Crippen LogP contribution in [0.3, 0.4) is 0 Å². The zero-order valence-electron chi connectivity index (χ0n) is 11.3. The highest BCUT2D eigenvalue weighted by molar-refractivity contribution is 4.92. The Morgan fingerprint density at radius 1 is 1.29 bits per heavy atom. The van der Waals surface area contributed by atoms with Crippen molar-refractivity contribution in [3.8, 4) is 0 Å². The van der Waals surface area contributed by atoms with Gasteiger partial charge in [-0.05, 0) is 38.0 Å². The summed E-state index contributed by atoms with van der Waals surface area (Å²) in [6.07, 6.45) is 7.98. The molecule has 3 heteroatoms. The Morgan fingerprint density at radius 2 is 2.00 bits per heavy atom. The Hall–Kier alpha value is -0.830. The van der Waals surface area contributed by atoms with Crippen molar-refractivity contribution in [1.29, 1.82) is 0 Å². The van der Waals surface area contributed by atoms with E-state index in [4.69, 9.17) is 0 Å². The maximum Gasteiger partial charge on any atom is 0.122 e. The lowest BCUT2D eigenvalue weighted by atomic mass is 9.80. The molecule has 1 aromatic heterocycles. The lowest BCUT2D eigenvalue weighted by molar-refractivity contribution is 0.236. The standard InChI is InChI=1S/C14H25N3/c1-4-17-6-5-15-14(17)10-16-13-8-11(2)7-12(3)9-13/h5-6,11-13,16H,4,7-10H2,1-3H3. The third-order valence-electron chi connectivity index (χ3n) is 3.87. The van der Waals surface area contributed by atoms with Gasteiger partial charge >= 0.3 is 0 Å². The summed E-state index contributed by atoms with van der Waals surface area (Å²) in [5.74, 6) is 2.89. The first-order valence-corrected chi connectivity index (χ1v) is 6.92. The summed E-state index contributed by atoms with van der Waals surface area (Å²) in [6, 6.07) is 0.677. The number of rotatable bonds is 4. The first kappa shape index (κ1) is 12.6. The average molecular weight is 235 g/mol. The van der Waals surface area contributed by atoms with Crippen molar-refractivity contribution in [2.24, 2.45) is 11.8 Å². The van der Waals surface area contributed by atoms with E-state index in [2.05, 4.69) is 41.8 Å². The molecule has 1 aliphatic rings. The van der Waals surface area contributed by atoms with E-state index in [9.17, 15) is 0 Å². The Kier molecular flexibility index (Phi) is 4.21. The summed E-state index contributed by atoms with van der Waals surface area (Å²) < 4.78 is 2.21. The van der Waals surface area contributed by atoms with E-state index < -0.39 is 0 Å². The van der Waals surface area contributed by atoms with Gasteiger partial charge in [-0.2, -0.15) is 0 Å². The molecule has 0 aliphatic heterocycles. The van der Waals surface area contributed by atoms with Crippen LogP contribution < -0.4 is 5.32 Å². The maximum absolute atomic E-state index is 4.41. The van der Waals surface area contributed by atoms with Crippen LogP contribution in [0.15, 0.2) is 12.4 Å². The molecule has 0 saturated heterocycles. The van der Waals surface area contributed by atoms with Crippen LogP contribution in [0.25, 0.3) is 0 Å². The van der Waals surface area contributed by atoms with Crippen molar-refractivity contribution in [2.75, 3.05) is 0 Å². The number of nitrogens with one attached hydrogen (secondary N) is 1. The Morgan fingerprint density at radius 3 is 2.65 bits per heavy atom. The lowest BCUT2D eigenvalue weighted by Crippen LogP contribution is -2.36. The fraction of sp³-hybridized carbons (Fsp3) is 0.786. The van der Waals surface area contributed by atoms with Crippen LogP contribution in [0.4, 0.5) is 0 Å². The van der Waals surface area contributed by atoms with Gasteiger partial charge in [-0.25, -0.2) is 4.98 Å². The molecule has 1 N–H and O–H groups in total. The average Bonchev–Trinajstić information content (AvgIpc) is 2.72. The highest BCUT2D eigenvalue weighted by Crippen LogP contribution is 2.28. The largest absolute Gasteiger partial charge is 0.334 e. The highest BCUT2D eigenvalue weighted by Gasteiger charge is 2.23. The first-order chi connectivity index (χ1) is 8.19. The van der Waals surface area contributed by atoms with Crippen molar-refractivity contribution in [3.63, 3.8) is 0 Å². The lowest BCUT2D eigenvalue weighted by Gasteiger charge is -2.32. The molecule has 1 aliphatic carbocycles. The molecule has 0 amide bonds. The zero-order chi connectivity index (χ0) is 12.3. The quantitative estimate of drug-likeness (QED) is 0.869. The number of nitrogens with zero attached hydrogens (tertiary/aromatic N) is 2. The Balaban J connectivity index is 1.85. The number of hydrogen-bond acceptors (Lipinski definition) is 2. The van der Waals surface area contributed by atoms with Crippen molar-refractivity contribution in [2.45, 2.75) is 59.2 Å². The molecular formula is C14H25N3. The summed E-state index contributed by atoms with van der Waals surface area (Å²) in [4.78, 5) is 4.41. The molecule has 1 saturated carbocycles. The Labute approximate surface area is 105 Å². The molecule has 96 valence electrons. The van der Waals surface area contributed by atoms with E-state index in [1.807, 2.05) is 6.20 Å². The van der Waals surface area contributed by atoms with Gasteiger partial charge in [-0.15, -0.1) is 0 Å². The fourth-order valence-electron chi connectivity index (χ4n) is 3.14. The summed E-state index contributed by atoms with van der Waals surface area (Å²) in [5.41, 5.74) is 0. The van der Waals surface area contributed by atoms with Gasteiger partial charge in [0.2, 0.25) is 0 Å². The topological polar surface area (TPSA) is 29.9 Å². The predicted molar refractivity (Wildman–Crippen MR) is 70.7 cm³/mol. The van der Waals surface area contributed by atoms with Crippen LogP contribution in [0.2, 0.25) is 0 Å². The SMILES string of the molecule is CCn1ccnc1CNC1CC(C)CC(C)C1. The van der Waals surface area contributed by atoms with E-state index in [0.717, 1.165) is 24.9 Å². The highest BCUT2D eigenvalue weighted by atomic mass is 15.1. The molecule has 2 atom stereocenters. The summed E-state index contributed by atoms with van der Waals surface area (Å²) >= 11 is 0. The first-order valence-electron chi connectivity index (χ1n) is 6.92. The molecule has 2 rings (SSSR count). The van der Waals surface area contributed by atoms with Gasteiger partial charge in [0.1, 0.15) is 5.82 Å². The molecule has 0 aromatic carbocycles. The molecule has 2 unspecified atom stereocenters. The van der Waals surface area contributed by atoms with Crippen LogP contribution in [0.5, 0.6) is 0 Å². The fourth-order valence-corrected chi connectivity index (χ4v) is 3.14. The van der Waals surface area contributed by atoms with E-state index >= 15 is 0 Å². The minimum absolute atomic E-state index is 0.677. The van der Waals surface area contributed by atoms with Crippen LogP contribution >= 0.6 is 0 Å². The molecule has 1 fully saturated rings. The van der Waals surface area contributed by atoms with Gasteiger partial charge in [0.25, 0.3) is 0 Å². The van der Waals surface area contributed by atoms with Gasteiger partial charge < -0.3 is 9.88 Å². The van der Waals surface area contributed by atoms with Crippen molar-refractivity contribution in [1.82, 2.24) is 14.9 Å². The van der Waals surface area contributed by atoms with Crippen molar-refractivity contribution in [3.05, 3.63) is 18.2 Å². The maximum atomic E-state index is 4.41. The van der Waals surface area contributed by atoms with Gasteiger partial charge in [0.05, 0.1) is 6.54 Å². The molecule has 0 spiro atoms. The van der Waals surface area contributed by atoms with E-state index in [-0.39, 0.29) is 0 Å². The minimum Gasteiger partial charge on any atom is -0.334 e. The monoisotopic (exact) mass is 235 g/mol. The molecule has 17 heavy (non-hydrogen) atoms. The van der Waals surface area contributed by atoms with Gasteiger partial charge in [0.15, 0.2) is 0 Å². The summed E-state index contributed by atoms with van der Waals surface area (Å²) in [7, 11) is 0. The normalized spacial score (nSPS) is 29.5. The van der Waals surface area contributed by atoms with E-state index in [1.165, 1.54) is 25.1 Å². The molecular weight excluding hydrogens is 210 g/mol. The van der Waals surface area contributed by atoms with Gasteiger partial charge in [0, 0.05) is 25.0 Å². The van der Waals surface area contributed by atoms with Crippen molar-refractivity contribution < 1.29 is 0 Å². The molecule has 3 nitrogen and oxygen atoms in total. The third-order valence-corrected chi connectivity index (χ3v) is 3.87. The van der Waals surface area contributed by atoms with Crippen LogP contribution in [0.1, 0.15) is 45.9 Å². The third kappa shape index (κ3) is 3.32. The van der Waals surface area contributed by atoms with Gasteiger partial charge in [-0.3, -0.25) is 0 Å².